The number of imidazole rings is 1. The smallest absolute Gasteiger partial charge is 0.319 e. The van der Waals surface area contributed by atoms with Gasteiger partial charge >= 0.3 is 6.03 Å². The average molecular weight is 399 g/mol. The molecule has 2 N–H and O–H groups in total. The van der Waals surface area contributed by atoms with Crippen molar-refractivity contribution in [2.24, 2.45) is 5.92 Å². The lowest BCUT2D eigenvalue weighted by molar-refractivity contribution is 0.251. The maximum atomic E-state index is 11.9. The summed E-state index contributed by atoms with van der Waals surface area (Å²) in [6, 6.07) is 24.3. The van der Waals surface area contributed by atoms with Crippen molar-refractivity contribution >= 4 is 22.8 Å². The van der Waals surface area contributed by atoms with Crippen LogP contribution in [0.3, 0.4) is 0 Å². The monoisotopic (exact) mass is 398 g/mol. The minimum absolute atomic E-state index is 0.181. The highest BCUT2D eigenvalue weighted by molar-refractivity contribution is 5.90. The van der Waals surface area contributed by atoms with Gasteiger partial charge in [-0.1, -0.05) is 50.2 Å². The van der Waals surface area contributed by atoms with Gasteiger partial charge in [-0.25, -0.2) is 9.78 Å². The van der Waals surface area contributed by atoms with Crippen LogP contribution in [0.5, 0.6) is 0 Å². The summed E-state index contributed by atoms with van der Waals surface area (Å²) >= 11 is 0. The molecule has 152 valence electrons. The number of nitrogens with zero attached hydrogens (tertiary/aromatic N) is 2. The van der Waals surface area contributed by atoms with Crippen molar-refractivity contribution in [3.05, 3.63) is 78.6 Å². The first-order chi connectivity index (χ1) is 14.5. The van der Waals surface area contributed by atoms with Crippen molar-refractivity contribution in [3.8, 4) is 16.8 Å². The molecule has 4 rings (SSSR count). The van der Waals surface area contributed by atoms with Gasteiger partial charge < -0.3 is 10.6 Å². The predicted octanol–water partition coefficient (Wildman–Crippen LogP) is 5.78. The minimum atomic E-state index is -0.181. The molecule has 4 aromatic rings. The van der Waals surface area contributed by atoms with E-state index in [2.05, 4.69) is 59.4 Å². The third-order valence-electron chi connectivity index (χ3n) is 4.98. The second-order valence-corrected chi connectivity index (χ2v) is 7.84. The van der Waals surface area contributed by atoms with Crippen LogP contribution in [0.25, 0.3) is 27.8 Å². The summed E-state index contributed by atoms with van der Waals surface area (Å²) < 4.78 is 2.17. The first-order valence-electron chi connectivity index (χ1n) is 10.2. The minimum Gasteiger partial charge on any atom is -0.338 e. The summed E-state index contributed by atoms with van der Waals surface area (Å²) in [6.07, 6.45) is 0. The lowest BCUT2D eigenvalue weighted by atomic mass is 10.0. The van der Waals surface area contributed by atoms with Crippen molar-refractivity contribution in [1.82, 2.24) is 14.9 Å². The van der Waals surface area contributed by atoms with Gasteiger partial charge in [0.1, 0.15) is 5.82 Å². The topological polar surface area (TPSA) is 59.0 Å². The van der Waals surface area contributed by atoms with E-state index in [0.717, 1.165) is 39.4 Å². The van der Waals surface area contributed by atoms with E-state index in [4.69, 9.17) is 4.98 Å². The molecule has 5 heteroatoms. The Morgan fingerprint density at radius 2 is 1.67 bits per heavy atom. The Hall–Kier alpha value is -3.60. The maximum absolute atomic E-state index is 11.9. The summed E-state index contributed by atoms with van der Waals surface area (Å²) in [5.74, 6) is 1.38. The average Bonchev–Trinajstić information content (AvgIpc) is 3.08. The van der Waals surface area contributed by atoms with Crippen molar-refractivity contribution < 1.29 is 4.79 Å². The van der Waals surface area contributed by atoms with E-state index in [1.165, 1.54) is 0 Å². The molecule has 0 saturated heterocycles. The van der Waals surface area contributed by atoms with Crippen LogP contribution < -0.4 is 10.6 Å². The molecule has 30 heavy (non-hydrogen) atoms. The number of urea groups is 1. The van der Waals surface area contributed by atoms with Crippen LogP contribution in [0.15, 0.2) is 72.8 Å². The van der Waals surface area contributed by atoms with Crippen LogP contribution in [0.1, 0.15) is 19.7 Å². The number of carbonyl (C=O) groups is 1. The summed E-state index contributed by atoms with van der Waals surface area (Å²) in [5.41, 5.74) is 6.10. The van der Waals surface area contributed by atoms with E-state index < -0.39 is 0 Å². The number of anilines is 1. The van der Waals surface area contributed by atoms with Gasteiger partial charge in [0.25, 0.3) is 0 Å². The first kappa shape index (κ1) is 19.7. The summed E-state index contributed by atoms with van der Waals surface area (Å²) in [5, 5.41) is 5.73. The van der Waals surface area contributed by atoms with Gasteiger partial charge in [0.2, 0.25) is 0 Å². The number of nitrogens with one attached hydrogen (secondary N) is 2. The van der Waals surface area contributed by atoms with Gasteiger partial charge in [-0.2, -0.15) is 0 Å². The Bertz CT molecular complexity index is 1160. The molecule has 2 amide bonds. The quantitative estimate of drug-likeness (QED) is 0.448. The molecule has 0 atom stereocenters. The fourth-order valence-electron chi connectivity index (χ4n) is 3.50. The first-order valence-corrected chi connectivity index (χ1v) is 10.2. The zero-order chi connectivity index (χ0) is 21.1. The summed E-state index contributed by atoms with van der Waals surface area (Å²) in [7, 11) is 0. The standard InChI is InChI=1S/C25H26N4O/c1-17(2)16-26-25(30)28-21-12-9-19(10-13-21)20-11-14-24-23(15-20)27-18(3)29(24)22-7-5-4-6-8-22/h4-15,17H,16H2,1-3H3,(H2,26,28,30). The van der Waals surface area contributed by atoms with E-state index in [1.807, 2.05) is 49.4 Å². The third kappa shape index (κ3) is 4.20. The van der Waals surface area contributed by atoms with Crippen molar-refractivity contribution in [2.45, 2.75) is 20.8 Å². The second kappa shape index (κ2) is 8.41. The van der Waals surface area contributed by atoms with Crippen LogP contribution in [0.2, 0.25) is 0 Å². The molecule has 0 bridgehead atoms. The van der Waals surface area contributed by atoms with Crippen LogP contribution in [-0.4, -0.2) is 22.1 Å². The van der Waals surface area contributed by atoms with E-state index in [9.17, 15) is 4.79 Å². The number of aromatic nitrogens is 2. The zero-order valence-electron chi connectivity index (χ0n) is 17.5. The third-order valence-corrected chi connectivity index (χ3v) is 4.98. The second-order valence-electron chi connectivity index (χ2n) is 7.84. The van der Waals surface area contributed by atoms with Gasteiger partial charge in [-0.05, 0) is 60.4 Å². The molecule has 0 radical (unpaired) electrons. The fraction of sp³-hybridized carbons (Fsp3) is 0.200. The molecule has 1 heterocycles. The molecule has 0 unspecified atom stereocenters. The lowest BCUT2D eigenvalue weighted by Crippen LogP contribution is -2.31. The SMILES string of the molecule is Cc1nc2cc(-c3ccc(NC(=O)NCC(C)C)cc3)ccc2n1-c1ccccc1. The normalized spacial score (nSPS) is 11.1. The van der Waals surface area contributed by atoms with E-state index >= 15 is 0 Å². The molecular formula is C25H26N4O. The number of carbonyl (C=O) groups excluding carboxylic acids is 1. The van der Waals surface area contributed by atoms with E-state index in [-0.39, 0.29) is 6.03 Å². The van der Waals surface area contributed by atoms with Crippen molar-refractivity contribution in [3.63, 3.8) is 0 Å². The lowest BCUT2D eigenvalue weighted by Gasteiger charge is -2.10. The van der Waals surface area contributed by atoms with Gasteiger partial charge in [0, 0.05) is 17.9 Å². The Kier molecular flexibility index (Phi) is 5.53. The number of benzene rings is 3. The molecule has 0 fully saturated rings. The summed E-state index contributed by atoms with van der Waals surface area (Å²) in [6.45, 7) is 6.81. The van der Waals surface area contributed by atoms with Crippen molar-refractivity contribution in [2.75, 3.05) is 11.9 Å². The fourth-order valence-corrected chi connectivity index (χ4v) is 3.50. The molecule has 0 aliphatic carbocycles. The number of rotatable bonds is 5. The number of aryl methyl sites for hydroxylation is 1. The molecule has 0 aliphatic rings. The summed E-state index contributed by atoms with van der Waals surface area (Å²) in [4.78, 5) is 16.7. The maximum Gasteiger partial charge on any atom is 0.319 e. The molecule has 3 aromatic carbocycles. The number of hydrogen-bond donors (Lipinski definition) is 2. The molecule has 0 aliphatic heterocycles. The molecular weight excluding hydrogens is 372 g/mol. The van der Waals surface area contributed by atoms with Gasteiger partial charge in [-0.15, -0.1) is 0 Å². The number of para-hydroxylation sites is 1. The van der Waals surface area contributed by atoms with Crippen molar-refractivity contribution in [1.29, 1.82) is 0 Å². The number of hydrogen-bond acceptors (Lipinski definition) is 2. The Labute approximate surface area is 176 Å². The molecule has 0 saturated carbocycles. The molecule has 0 spiro atoms. The van der Waals surface area contributed by atoms with E-state index in [0.29, 0.717) is 12.5 Å². The highest BCUT2D eigenvalue weighted by atomic mass is 16.2. The van der Waals surface area contributed by atoms with Gasteiger partial charge in [0.15, 0.2) is 0 Å². The van der Waals surface area contributed by atoms with Crippen LogP contribution in [0.4, 0.5) is 10.5 Å². The van der Waals surface area contributed by atoms with Gasteiger partial charge in [-0.3, -0.25) is 4.57 Å². The zero-order valence-corrected chi connectivity index (χ0v) is 17.5. The number of fused-ring (bicyclic) bond motifs is 1. The molecule has 1 aromatic heterocycles. The highest BCUT2D eigenvalue weighted by Crippen LogP contribution is 2.27. The Balaban J connectivity index is 1.56. The largest absolute Gasteiger partial charge is 0.338 e. The Morgan fingerprint density at radius 1 is 0.967 bits per heavy atom. The highest BCUT2D eigenvalue weighted by Gasteiger charge is 2.10. The van der Waals surface area contributed by atoms with Gasteiger partial charge in [0.05, 0.1) is 11.0 Å². The number of amides is 2. The predicted molar refractivity (Wildman–Crippen MR) is 123 cm³/mol. The van der Waals surface area contributed by atoms with E-state index in [1.54, 1.807) is 0 Å². The van der Waals surface area contributed by atoms with Crippen LogP contribution in [0, 0.1) is 12.8 Å². The van der Waals surface area contributed by atoms with Crippen LogP contribution in [-0.2, 0) is 0 Å². The molecule has 5 nitrogen and oxygen atoms in total. The Morgan fingerprint density at radius 3 is 2.37 bits per heavy atom. The van der Waals surface area contributed by atoms with Crippen LogP contribution >= 0.6 is 0 Å².